The number of nitrogens with zero attached hydrogens (tertiary/aromatic N) is 1. The Bertz CT molecular complexity index is 420. The zero-order chi connectivity index (χ0) is 14.1. The lowest BCUT2D eigenvalue weighted by Crippen LogP contribution is -2.32. The quantitative estimate of drug-likeness (QED) is 0.764. The van der Waals surface area contributed by atoms with E-state index >= 15 is 0 Å². The maximum absolute atomic E-state index is 11.9. The molecule has 1 amide bonds. The van der Waals surface area contributed by atoms with Crippen molar-refractivity contribution >= 4 is 5.91 Å². The van der Waals surface area contributed by atoms with Crippen molar-refractivity contribution in [2.24, 2.45) is 11.8 Å². The van der Waals surface area contributed by atoms with Gasteiger partial charge in [0, 0.05) is 6.54 Å². The molecule has 102 valence electrons. The third-order valence-electron chi connectivity index (χ3n) is 3.01. The van der Waals surface area contributed by atoms with Crippen LogP contribution in [0.15, 0.2) is 30.3 Å². The number of rotatable bonds is 7. The van der Waals surface area contributed by atoms with E-state index in [0.29, 0.717) is 18.9 Å². The molecule has 1 atom stereocenters. The molecule has 1 rings (SSSR count). The fourth-order valence-corrected chi connectivity index (χ4v) is 1.89. The summed E-state index contributed by atoms with van der Waals surface area (Å²) >= 11 is 0. The SMILES string of the molecule is CC(C)CCCNC(=O)C(C#N)Cc1ccccc1. The molecule has 0 fully saturated rings. The normalized spacial score (nSPS) is 11.9. The van der Waals surface area contributed by atoms with Gasteiger partial charge in [0.15, 0.2) is 0 Å². The van der Waals surface area contributed by atoms with Gasteiger partial charge in [-0.3, -0.25) is 4.79 Å². The number of nitriles is 1. The zero-order valence-electron chi connectivity index (χ0n) is 11.7. The minimum Gasteiger partial charge on any atom is -0.355 e. The lowest BCUT2D eigenvalue weighted by atomic mass is 10.00. The summed E-state index contributed by atoms with van der Waals surface area (Å²) in [6.45, 7) is 4.98. The van der Waals surface area contributed by atoms with Crippen molar-refractivity contribution in [3.05, 3.63) is 35.9 Å². The largest absolute Gasteiger partial charge is 0.355 e. The first kappa shape index (κ1) is 15.2. The van der Waals surface area contributed by atoms with Crippen molar-refractivity contribution in [1.82, 2.24) is 5.32 Å². The number of carbonyl (C=O) groups is 1. The first-order valence-electron chi connectivity index (χ1n) is 6.84. The molecule has 0 saturated carbocycles. The van der Waals surface area contributed by atoms with E-state index in [-0.39, 0.29) is 5.91 Å². The minimum atomic E-state index is -0.596. The molecule has 0 heterocycles. The molecule has 0 saturated heterocycles. The Labute approximate surface area is 115 Å². The van der Waals surface area contributed by atoms with Gasteiger partial charge in [0.05, 0.1) is 6.07 Å². The molecule has 19 heavy (non-hydrogen) atoms. The average molecular weight is 258 g/mol. The van der Waals surface area contributed by atoms with Crippen LogP contribution in [0.1, 0.15) is 32.3 Å². The van der Waals surface area contributed by atoms with Gasteiger partial charge in [0.25, 0.3) is 0 Å². The molecule has 1 N–H and O–H groups in total. The highest BCUT2D eigenvalue weighted by atomic mass is 16.1. The van der Waals surface area contributed by atoms with Crippen LogP contribution in [0.2, 0.25) is 0 Å². The van der Waals surface area contributed by atoms with Crippen molar-refractivity contribution < 1.29 is 4.79 Å². The van der Waals surface area contributed by atoms with Gasteiger partial charge in [0.2, 0.25) is 5.91 Å². The van der Waals surface area contributed by atoms with Crippen molar-refractivity contribution in [1.29, 1.82) is 5.26 Å². The third kappa shape index (κ3) is 6.05. The number of amides is 1. The Morgan fingerprint density at radius 1 is 1.32 bits per heavy atom. The number of benzene rings is 1. The Balaban J connectivity index is 2.38. The van der Waals surface area contributed by atoms with Crippen molar-refractivity contribution in [3.8, 4) is 6.07 Å². The van der Waals surface area contributed by atoms with Crippen LogP contribution in [0.3, 0.4) is 0 Å². The van der Waals surface area contributed by atoms with E-state index in [0.717, 1.165) is 18.4 Å². The number of nitrogens with one attached hydrogen (secondary N) is 1. The average Bonchev–Trinajstić information content (AvgIpc) is 2.41. The van der Waals surface area contributed by atoms with Gasteiger partial charge in [-0.05, 0) is 30.7 Å². The Morgan fingerprint density at radius 2 is 2.00 bits per heavy atom. The van der Waals surface area contributed by atoms with Crippen LogP contribution in [0.25, 0.3) is 0 Å². The predicted octanol–water partition coefficient (Wildman–Crippen LogP) is 2.92. The van der Waals surface area contributed by atoms with Crippen molar-refractivity contribution in [2.75, 3.05) is 6.54 Å². The van der Waals surface area contributed by atoms with E-state index < -0.39 is 5.92 Å². The van der Waals surface area contributed by atoms with E-state index in [9.17, 15) is 4.79 Å². The summed E-state index contributed by atoms with van der Waals surface area (Å²) in [6, 6.07) is 11.7. The monoisotopic (exact) mass is 258 g/mol. The van der Waals surface area contributed by atoms with E-state index in [2.05, 4.69) is 25.2 Å². The topological polar surface area (TPSA) is 52.9 Å². The second kappa shape index (κ2) is 8.31. The first-order valence-corrected chi connectivity index (χ1v) is 6.84. The van der Waals surface area contributed by atoms with Gasteiger partial charge in [-0.1, -0.05) is 44.2 Å². The minimum absolute atomic E-state index is 0.157. The van der Waals surface area contributed by atoms with Gasteiger partial charge in [0.1, 0.15) is 5.92 Å². The standard InChI is InChI=1S/C16H22N2O/c1-13(2)7-6-10-18-16(19)15(12-17)11-14-8-4-3-5-9-14/h3-5,8-9,13,15H,6-7,10-11H2,1-2H3,(H,18,19). The molecule has 0 aromatic heterocycles. The summed E-state index contributed by atoms with van der Waals surface area (Å²) in [6.07, 6.45) is 2.54. The van der Waals surface area contributed by atoms with Crippen molar-refractivity contribution in [3.63, 3.8) is 0 Å². The van der Waals surface area contributed by atoms with Gasteiger partial charge in [-0.2, -0.15) is 5.26 Å². The number of carbonyl (C=O) groups excluding carboxylic acids is 1. The lowest BCUT2D eigenvalue weighted by molar-refractivity contribution is -0.123. The highest BCUT2D eigenvalue weighted by Crippen LogP contribution is 2.08. The zero-order valence-corrected chi connectivity index (χ0v) is 11.7. The summed E-state index contributed by atoms with van der Waals surface area (Å²) in [5, 5.41) is 11.9. The second-order valence-corrected chi connectivity index (χ2v) is 5.20. The fourth-order valence-electron chi connectivity index (χ4n) is 1.89. The number of hydrogen-bond donors (Lipinski definition) is 1. The van der Waals surface area contributed by atoms with Gasteiger partial charge >= 0.3 is 0 Å². The van der Waals surface area contributed by atoms with Crippen molar-refractivity contribution in [2.45, 2.75) is 33.1 Å². The third-order valence-corrected chi connectivity index (χ3v) is 3.01. The molecule has 3 heteroatoms. The van der Waals surface area contributed by atoms with Crippen LogP contribution in [0.5, 0.6) is 0 Å². The highest BCUT2D eigenvalue weighted by molar-refractivity contribution is 5.81. The fraction of sp³-hybridized carbons (Fsp3) is 0.500. The Kier molecular flexibility index (Phi) is 6.67. The molecule has 0 bridgehead atoms. The van der Waals surface area contributed by atoms with Crippen LogP contribution in [-0.4, -0.2) is 12.5 Å². The maximum atomic E-state index is 11.9. The predicted molar refractivity (Wildman–Crippen MR) is 76.3 cm³/mol. The summed E-state index contributed by atoms with van der Waals surface area (Å²) < 4.78 is 0. The van der Waals surface area contributed by atoms with Crippen LogP contribution in [0.4, 0.5) is 0 Å². The van der Waals surface area contributed by atoms with Crippen LogP contribution in [0, 0.1) is 23.2 Å². The molecule has 0 aliphatic heterocycles. The molecule has 3 nitrogen and oxygen atoms in total. The molecule has 1 aromatic carbocycles. The molecular formula is C16H22N2O. The van der Waals surface area contributed by atoms with E-state index in [4.69, 9.17) is 5.26 Å². The first-order chi connectivity index (χ1) is 9.13. The molecule has 0 radical (unpaired) electrons. The maximum Gasteiger partial charge on any atom is 0.237 e. The number of hydrogen-bond acceptors (Lipinski definition) is 2. The van der Waals surface area contributed by atoms with Gasteiger partial charge in [-0.25, -0.2) is 0 Å². The summed E-state index contributed by atoms with van der Waals surface area (Å²) in [5.41, 5.74) is 1.02. The lowest BCUT2D eigenvalue weighted by Gasteiger charge is -2.11. The van der Waals surface area contributed by atoms with Gasteiger partial charge in [-0.15, -0.1) is 0 Å². The van der Waals surface area contributed by atoms with Crippen LogP contribution in [-0.2, 0) is 11.2 Å². The van der Waals surface area contributed by atoms with Crippen LogP contribution < -0.4 is 5.32 Å². The van der Waals surface area contributed by atoms with Gasteiger partial charge < -0.3 is 5.32 Å². The highest BCUT2D eigenvalue weighted by Gasteiger charge is 2.17. The molecule has 0 spiro atoms. The molecular weight excluding hydrogens is 236 g/mol. The van der Waals surface area contributed by atoms with E-state index in [1.165, 1.54) is 0 Å². The van der Waals surface area contributed by atoms with E-state index in [1.807, 2.05) is 30.3 Å². The summed E-state index contributed by atoms with van der Waals surface area (Å²) in [5.74, 6) is -0.107. The van der Waals surface area contributed by atoms with Crippen LogP contribution >= 0.6 is 0 Å². The van der Waals surface area contributed by atoms with E-state index in [1.54, 1.807) is 0 Å². The Hall–Kier alpha value is -1.82. The molecule has 1 unspecified atom stereocenters. The molecule has 1 aromatic rings. The molecule has 0 aliphatic carbocycles. The second-order valence-electron chi connectivity index (χ2n) is 5.20. The molecule has 0 aliphatic rings. The summed E-state index contributed by atoms with van der Waals surface area (Å²) in [7, 11) is 0. The summed E-state index contributed by atoms with van der Waals surface area (Å²) in [4.78, 5) is 11.9. The smallest absolute Gasteiger partial charge is 0.237 e. The Morgan fingerprint density at radius 3 is 2.58 bits per heavy atom.